The molecule has 2 aliphatic heterocycles. The number of hydrogen-bond donors (Lipinski definition) is 0. The smallest absolute Gasteiger partial charge is 0.350 e. The molecule has 4 aromatic rings. The molecule has 2 fully saturated rings. The lowest BCUT2D eigenvalue weighted by atomic mass is 10.1. The summed E-state index contributed by atoms with van der Waals surface area (Å²) in [7, 11) is 0. The molecule has 3 aromatic carbocycles. The van der Waals surface area contributed by atoms with Crippen molar-refractivity contribution in [3.05, 3.63) is 99.2 Å². The summed E-state index contributed by atoms with van der Waals surface area (Å²) in [4.78, 5) is 17.5. The van der Waals surface area contributed by atoms with Crippen LogP contribution >= 0.6 is 34.8 Å². The normalized spacial score (nSPS) is 20.9. The Morgan fingerprint density at radius 3 is 2.18 bits per heavy atom. The van der Waals surface area contributed by atoms with E-state index in [4.69, 9.17) is 49.0 Å². The first-order valence-corrected chi connectivity index (χ1v) is 16.4. The first kappa shape index (κ1) is 31.8. The average molecular weight is 673 g/mol. The minimum Gasteiger partial charge on any atom is -0.491 e. The van der Waals surface area contributed by atoms with Crippen LogP contribution in [-0.4, -0.2) is 65.7 Å². The Kier molecular flexibility index (Phi) is 9.63. The molecule has 0 N–H and O–H groups in total. The van der Waals surface area contributed by atoms with Crippen LogP contribution in [0.25, 0.3) is 5.69 Å². The molecule has 9 nitrogen and oxygen atoms in total. The summed E-state index contributed by atoms with van der Waals surface area (Å²) in [6.45, 7) is 8.26. The van der Waals surface area contributed by atoms with E-state index in [2.05, 4.69) is 39.2 Å². The molecule has 0 aliphatic carbocycles. The van der Waals surface area contributed by atoms with Crippen molar-refractivity contribution in [2.45, 2.75) is 38.2 Å². The third kappa shape index (κ3) is 6.69. The fraction of sp³-hybridized carbons (Fsp3) is 0.394. The van der Waals surface area contributed by atoms with Crippen LogP contribution < -0.4 is 20.2 Å². The Bertz CT molecular complexity index is 1650. The van der Waals surface area contributed by atoms with Gasteiger partial charge in [-0.05, 0) is 74.0 Å². The molecule has 12 heteroatoms. The Hall–Kier alpha value is -3.21. The zero-order valence-electron chi connectivity index (χ0n) is 25.2. The SMILES string of the molecule is CC[C@@H](C)n1ncn(-c2ccc(N3CCN(c4ccc(OC[C@@H]5CO[C@](CCl)(c6ccc(Cl)cc6Cl)O5)cc4)CC3)cc2)c1=O. The molecule has 0 bridgehead atoms. The average Bonchev–Trinajstić information content (AvgIpc) is 3.68. The summed E-state index contributed by atoms with van der Waals surface area (Å²) in [5.74, 6) is -0.297. The van der Waals surface area contributed by atoms with Crippen molar-refractivity contribution in [1.82, 2.24) is 14.3 Å². The van der Waals surface area contributed by atoms with Crippen LogP contribution in [0.15, 0.2) is 77.9 Å². The molecule has 0 radical (unpaired) electrons. The van der Waals surface area contributed by atoms with Gasteiger partial charge in [0.15, 0.2) is 0 Å². The molecule has 2 saturated heterocycles. The first-order chi connectivity index (χ1) is 21.8. The molecular weight excluding hydrogens is 637 g/mol. The number of alkyl halides is 1. The Labute approximate surface area is 277 Å². The van der Waals surface area contributed by atoms with Crippen molar-refractivity contribution in [2.75, 3.05) is 55.1 Å². The summed E-state index contributed by atoms with van der Waals surface area (Å²) in [5, 5.41) is 5.26. The number of aromatic nitrogens is 3. The number of piperazine rings is 1. The van der Waals surface area contributed by atoms with Gasteiger partial charge in [-0.2, -0.15) is 5.10 Å². The van der Waals surface area contributed by atoms with Gasteiger partial charge >= 0.3 is 5.69 Å². The van der Waals surface area contributed by atoms with Crippen molar-refractivity contribution in [3.8, 4) is 11.4 Å². The molecule has 3 heterocycles. The topological polar surface area (TPSA) is 74.0 Å². The van der Waals surface area contributed by atoms with Gasteiger partial charge in [-0.15, -0.1) is 11.6 Å². The molecule has 0 unspecified atom stereocenters. The van der Waals surface area contributed by atoms with E-state index in [1.807, 2.05) is 38.1 Å². The van der Waals surface area contributed by atoms with Gasteiger partial charge in [0.05, 0.1) is 29.2 Å². The zero-order valence-corrected chi connectivity index (χ0v) is 27.5. The van der Waals surface area contributed by atoms with Crippen LogP contribution in [0.1, 0.15) is 31.9 Å². The third-order valence-electron chi connectivity index (χ3n) is 8.49. The number of rotatable bonds is 10. The van der Waals surface area contributed by atoms with E-state index in [-0.39, 0.29) is 23.7 Å². The fourth-order valence-corrected chi connectivity index (χ4v) is 6.52. The minimum atomic E-state index is -1.14. The van der Waals surface area contributed by atoms with Gasteiger partial charge in [0.1, 0.15) is 24.8 Å². The van der Waals surface area contributed by atoms with E-state index in [0.29, 0.717) is 28.8 Å². The number of anilines is 2. The van der Waals surface area contributed by atoms with E-state index in [9.17, 15) is 4.79 Å². The quantitative estimate of drug-likeness (QED) is 0.178. The Balaban J connectivity index is 0.998. The van der Waals surface area contributed by atoms with Crippen molar-refractivity contribution < 1.29 is 14.2 Å². The number of hydrogen-bond acceptors (Lipinski definition) is 7. The largest absolute Gasteiger partial charge is 0.491 e. The molecular formula is C33H36Cl3N5O4. The molecule has 0 spiro atoms. The molecule has 3 atom stereocenters. The predicted molar refractivity (Wildman–Crippen MR) is 179 cm³/mol. The van der Waals surface area contributed by atoms with Crippen molar-refractivity contribution >= 4 is 46.2 Å². The van der Waals surface area contributed by atoms with Crippen molar-refractivity contribution in [1.29, 1.82) is 0 Å². The summed E-state index contributed by atoms with van der Waals surface area (Å²) in [5.41, 5.74) is 3.63. The molecule has 45 heavy (non-hydrogen) atoms. The highest BCUT2D eigenvalue weighted by Gasteiger charge is 2.44. The van der Waals surface area contributed by atoms with Crippen LogP contribution in [0.4, 0.5) is 11.4 Å². The van der Waals surface area contributed by atoms with Gasteiger partial charge in [0, 0.05) is 48.1 Å². The highest BCUT2D eigenvalue weighted by Crippen LogP contribution is 2.40. The number of benzene rings is 3. The van der Waals surface area contributed by atoms with Gasteiger partial charge < -0.3 is 24.0 Å². The standard InChI is InChI=1S/C33H36Cl3N5O4/c1-3-23(2)41-32(42)40(22-37-41)27-7-5-25(6-8-27)38-14-16-39(17-15-38)26-9-11-28(12-10-26)43-19-29-20-44-33(21-34,45-29)30-13-4-24(35)18-31(30)36/h4-13,18,22-23,29H,3,14-17,19-21H2,1-2H3/t23-,29-,33+/m1/s1. The van der Waals surface area contributed by atoms with Crippen molar-refractivity contribution in [2.24, 2.45) is 0 Å². The van der Waals surface area contributed by atoms with Crippen LogP contribution in [0.3, 0.4) is 0 Å². The third-order valence-corrected chi connectivity index (χ3v) is 9.39. The van der Waals surface area contributed by atoms with E-state index in [1.165, 1.54) is 4.68 Å². The number of nitrogens with zero attached hydrogens (tertiary/aromatic N) is 5. The molecule has 1 aromatic heterocycles. The lowest BCUT2D eigenvalue weighted by Crippen LogP contribution is -2.46. The predicted octanol–water partition coefficient (Wildman–Crippen LogP) is 6.52. The summed E-state index contributed by atoms with van der Waals surface area (Å²) in [6.07, 6.45) is 2.14. The molecule has 0 saturated carbocycles. The summed E-state index contributed by atoms with van der Waals surface area (Å²) >= 11 is 18.7. The van der Waals surface area contributed by atoms with Gasteiger partial charge in [-0.25, -0.2) is 14.0 Å². The maximum Gasteiger partial charge on any atom is 0.350 e. The highest BCUT2D eigenvalue weighted by atomic mass is 35.5. The van der Waals surface area contributed by atoms with Crippen molar-refractivity contribution in [3.63, 3.8) is 0 Å². The maximum absolute atomic E-state index is 12.8. The monoisotopic (exact) mass is 671 g/mol. The minimum absolute atomic E-state index is 0.0683. The molecule has 238 valence electrons. The second kappa shape index (κ2) is 13.6. The maximum atomic E-state index is 12.8. The second-order valence-electron chi connectivity index (χ2n) is 11.3. The summed E-state index contributed by atoms with van der Waals surface area (Å²) < 4.78 is 21.4. The van der Waals surface area contributed by atoms with Crippen LogP contribution in [-0.2, 0) is 15.3 Å². The lowest BCUT2D eigenvalue weighted by molar-refractivity contribution is -0.161. The lowest BCUT2D eigenvalue weighted by Gasteiger charge is -2.37. The van der Waals surface area contributed by atoms with E-state index in [0.717, 1.165) is 55.4 Å². The zero-order chi connectivity index (χ0) is 31.6. The summed E-state index contributed by atoms with van der Waals surface area (Å²) in [6, 6.07) is 21.5. The van der Waals surface area contributed by atoms with Crippen LogP contribution in [0, 0.1) is 0 Å². The molecule has 2 aliphatic rings. The van der Waals surface area contributed by atoms with Crippen LogP contribution in [0.5, 0.6) is 5.75 Å². The molecule has 6 rings (SSSR count). The molecule has 0 amide bonds. The number of halogens is 3. The highest BCUT2D eigenvalue weighted by molar-refractivity contribution is 6.35. The Morgan fingerprint density at radius 1 is 0.956 bits per heavy atom. The van der Waals surface area contributed by atoms with Gasteiger partial charge in [0.25, 0.3) is 0 Å². The van der Waals surface area contributed by atoms with Gasteiger partial charge in [-0.3, -0.25) is 0 Å². The van der Waals surface area contributed by atoms with E-state index >= 15 is 0 Å². The van der Waals surface area contributed by atoms with Crippen LogP contribution in [0.2, 0.25) is 10.0 Å². The fourth-order valence-electron chi connectivity index (χ4n) is 5.69. The van der Waals surface area contributed by atoms with E-state index in [1.54, 1.807) is 29.1 Å². The van der Waals surface area contributed by atoms with E-state index < -0.39 is 5.79 Å². The van der Waals surface area contributed by atoms with Gasteiger partial charge in [0.2, 0.25) is 5.79 Å². The second-order valence-corrected chi connectivity index (χ2v) is 12.5. The first-order valence-electron chi connectivity index (χ1n) is 15.1. The Morgan fingerprint density at radius 2 is 1.58 bits per heavy atom. The van der Waals surface area contributed by atoms with Gasteiger partial charge in [-0.1, -0.05) is 36.2 Å². The number of ether oxygens (including phenoxy) is 3.